The lowest BCUT2D eigenvalue weighted by molar-refractivity contribution is -0.142. The number of halogens is 1. The average molecular weight is 431 g/mol. The van der Waals surface area contributed by atoms with E-state index in [2.05, 4.69) is 10.1 Å². The molecule has 9 heteroatoms. The lowest BCUT2D eigenvalue weighted by Gasteiger charge is -2.12. The van der Waals surface area contributed by atoms with Gasteiger partial charge in [-0.15, -0.1) is 0 Å². The van der Waals surface area contributed by atoms with Gasteiger partial charge in [0.15, 0.2) is 18.1 Å². The summed E-state index contributed by atoms with van der Waals surface area (Å²) in [6.07, 6.45) is 1.54. The predicted molar refractivity (Wildman–Crippen MR) is 109 cm³/mol. The quantitative estimate of drug-likeness (QED) is 0.412. The Hall–Kier alpha value is -3.52. The van der Waals surface area contributed by atoms with E-state index in [9.17, 15) is 14.4 Å². The van der Waals surface area contributed by atoms with Crippen molar-refractivity contribution in [2.24, 2.45) is 0 Å². The molecule has 0 unspecified atom stereocenters. The molecule has 1 N–H and O–H groups in total. The number of nitrogens with one attached hydrogen (secondary N) is 1. The minimum absolute atomic E-state index is 0.128. The monoisotopic (exact) mass is 430 g/mol. The SMILES string of the molecule is COC(=O)COc1ccc(C=C2NC(=O)N(Cc3ccc(Cl)cc3)C2=O)cc1OC. The smallest absolute Gasteiger partial charge is 0.343 e. The highest BCUT2D eigenvalue weighted by atomic mass is 35.5. The summed E-state index contributed by atoms with van der Waals surface area (Å²) in [7, 11) is 2.72. The zero-order chi connectivity index (χ0) is 21.7. The van der Waals surface area contributed by atoms with Crippen molar-refractivity contribution in [1.29, 1.82) is 0 Å². The van der Waals surface area contributed by atoms with Crippen molar-refractivity contribution in [1.82, 2.24) is 10.2 Å². The van der Waals surface area contributed by atoms with E-state index in [-0.39, 0.29) is 18.8 Å². The van der Waals surface area contributed by atoms with E-state index in [0.29, 0.717) is 22.1 Å². The van der Waals surface area contributed by atoms with Gasteiger partial charge in [-0.1, -0.05) is 29.8 Å². The van der Waals surface area contributed by atoms with Gasteiger partial charge in [0, 0.05) is 5.02 Å². The largest absolute Gasteiger partial charge is 0.493 e. The number of carbonyl (C=O) groups is 3. The third-order valence-electron chi connectivity index (χ3n) is 4.29. The number of hydrogen-bond acceptors (Lipinski definition) is 6. The summed E-state index contributed by atoms with van der Waals surface area (Å²) in [5, 5.41) is 3.15. The maximum Gasteiger partial charge on any atom is 0.343 e. The molecule has 1 heterocycles. The number of imide groups is 1. The van der Waals surface area contributed by atoms with Crippen LogP contribution in [0.5, 0.6) is 11.5 Å². The average Bonchev–Trinajstić information content (AvgIpc) is 3.01. The maximum absolute atomic E-state index is 12.7. The van der Waals surface area contributed by atoms with E-state index in [1.807, 2.05) is 0 Å². The van der Waals surface area contributed by atoms with E-state index in [4.69, 9.17) is 21.1 Å². The van der Waals surface area contributed by atoms with Crippen molar-refractivity contribution in [3.63, 3.8) is 0 Å². The van der Waals surface area contributed by atoms with Gasteiger partial charge in [0.2, 0.25) is 0 Å². The molecule has 0 aliphatic carbocycles. The molecule has 1 saturated heterocycles. The first kappa shape index (κ1) is 21.2. The molecule has 1 aliphatic heterocycles. The summed E-state index contributed by atoms with van der Waals surface area (Å²) in [6.45, 7) is -0.135. The van der Waals surface area contributed by atoms with Crippen LogP contribution in [-0.4, -0.2) is 43.6 Å². The van der Waals surface area contributed by atoms with Crippen molar-refractivity contribution in [3.8, 4) is 11.5 Å². The van der Waals surface area contributed by atoms with Gasteiger partial charge in [0.25, 0.3) is 5.91 Å². The Morgan fingerprint density at radius 1 is 1.10 bits per heavy atom. The zero-order valence-corrected chi connectivity index (χ0v) is 17.1. The first-order valence-electron chi connectivity index (χ1n) is 8.88. The number of ether oxygens (including phenoxy) is 3. The Kier molecular flexibility index (Phi) is 6.58. The number of methoxy groups -OCH3 is 2. The van der Waals surface area contributed by atoms with Crippen LogP contribution in [0.15, 0.2) is 48.2 Å². The fourth-order valence-electron chi connectivity index (χ4n) is 2.74. The van der Waals surface area contributed by atoms with E-state index >= 15 is 0 Å². The van der Waals surface area contributed by atoms with Crippen molar-refractivity contribution in [2.75, 3.05) is 20.8 Å². The molecular formula is C21H19ClN2O6. The van der Waals surface area contributed by atoms with Crippen molar-refractivity contribution >= 4 is 35.6 Å². The number of rotatable bonds is 7. The lowest BCUT2D eigenvalue weighted by atomic mass is 10.1. The van der Waals surface area contributed by atoms with E-state index in [1.165, 1.54) is 20.3 Å². The molecule has 2 aromatic rings. The molecule has 156 valence electrons. The third-order valence-corrected chi connectivity index (χ3v) is 4.54. The molecule has 2 aromatic carbocycles. The predicted octanol–water partition coefficient (Wildman–Crippen LogP) is 2.99. The van der Waals surface area contributed by atoms with Crippen LogP contribution in [0.1, 0.15) is 11.1 Å². The van der Waals surface area contributed by atoms with Gasteiger partial charge in [-0.2, -0.15) is 0 Å². The number of carbonyl (C=O) groups excluding carboxylic acids is 3. The Balaban J connectivity index is 1.76. The van der Waals surface area contributed by atoms with Crippen molar-refractivity contribution in [3.05, 3.63) is 64.3 Å². The second-order valence-corrected chi connectivity index (χ2v) is 6.72. The number of nitrogens with zero attached hydrogens (tertiary/aromatic N) is 1. The van der Waals surface area contributed by atoms with Crippen LogP contribution in [0, 0.1) is 0 Å². The fourth-order valence-corrected chi connectivity index (χ4v) is 2.87. The second-order valence-electron chi connectivity index (χ2n) is 6.28. The van der Waals surface area contributed by atoms with Crippen LogP contribution >= 0.6 is 11.6 Å². The molecule has 3 amide bonds. The van der Waals surface area contributed by atoms with Crippen LogP contribution in [-0.2, 0) is 20.9 Å². The molecule has 1 fully saturated rings. The van der Waals surface area contributed by atoms with E-state index in [0.717, 1.165) is 10.5 Å². The third kappa shape index (κ3) is 4.90. The highest BCUT2D eigenvalue weighted by Gasteiger charge is 2.33. The number of benzene rings is 2. The van der Waals surface area contributed by atoms with Crippen LogP contribution in [0.2, 0.25) is 5.02 Å². The topological polar surface area (TPSA) is 94.2 Å². The molecule has 0 saturated carbocycles. The lowest BCUT2D eigenvalue weighted by Crippen LogP contribution is -2.30. The minimum Gasteiger partial charge on any atom is -0.493 e. The van der Waals surface area contributed by atoms with E-state index in [1.54, 1.807) is 42.5 Å². The molecule has 1 aliphatic rings. The summed E-state index contributed by atoms with van der Waals surface area (Å²) in [6, 6.07) is 11.3. The summed E-state index contributed by atoms with van der Waals surface area (Å²) in [5.74, 6) is -0.262. The number of urea groups is 1. The van der Waals surface area contributed by atoms with Crippen molar-refractivity contribution < 1.29 is 28.6 Å². The zero-order valence-electron chi connectivity index (χ0n) is 16.3. The molecule has 0 aromatic heterocycles. The first-order chi connectivity index (χ1) is 14.4. The summed E-state index contributed by atoms with van der Waals surface area (Å²) in [5.41, 5.74) is 1.52. The Labute approximate surface area is 178 Å². The summed E-state index contributed by atoms with van der Waals surface area (Å²) >= 11 is 5.87. The molecule has 8 nitrogen and oxygen atoms in total. The van der Waals surface area contributed by atoms with Gasteiger partial charge < -0.3 is 19.5 Å². The Morgan fingerprint density at radius 2 is 1.83 bits per heavy atom. The highest BCUT2D eigenvalue weighted by Crippen LogP contribution is 2.29. The van der Waals surface area contributed by atoms with Gasteiger partial charge >= 0.3 is 12.0 Å². The Bertz CT molecular complexity index is 1000. The number of amides is 3. The van der Waals surface area contributed by atoms with Crippen LogP contribution in [0.25, 0.3) is 6.08 Å². The van der Waals surface area contributed by atoms with Gasteiger partial charge in [-0.3, -0.25) is 9.69 Å². The van der Waals surface area contributed by atoms with Gasteiger partial charge in [-0.25, -0.2) is 9.59 Å². The second kappa shape index (κ2) is 9.32. The highest BCUT2D eigenvalue weighted by molar-refractivity contribution is 6.30. The number of esters is 1. The fraction of sp³-hybridized carbons (Fsp3) is 0.190. The van der Waals surface area contributed by atoms with Gasteiger partial charge in [0.05, 0.1) is 20.8 Å². The Morgan fingerprint density at radius 3 is 2.50 bits per heavy atom. The van der Waals surface area contributed by atoms with Crippen LogP contribution < -0.4 is 14.8 Å². The molecule has 30 heavy (non-hydrogen) atoms. The normalized spacial score (nSPS) is 14.6. The van der Waals surface area contributed by atoms with Crippen LogP contribution in [0.4, 0.5) is 4.79 Å². The molecule has 0 radical (unpaired) electrons. The molecule has 0 spiro atoms. The molecule has 0 atom stereocenters. The molecular weight excluding hydrogens is 412 g/mol. The summed E-state index contributed by atoms with van der Waals surface area (Å²) < 4.78 is 15.2. The molecule has 0 bridgehead atoms. The first-order valence-corrected chi connectivity index (χ1v) is 9.25. The molecule has 3 rings (SSSR count). The van der Waals surface area contributed by atoms with Crippen molar-refractivity contribution in [2.45, 2.75) is 6.54 Å². The van der Waals surface area contributed by atoms with Gasteiger partial charge in [0.1, 0.15) is 5.70 Å². The minimum atomic E-state index is -0.525. The summed E-state index contributed by atoms with van der Waals surface area (Å²) in [4.78, 5) is 37.3. The van der Waals surface area contributed by atoms with Gasteiger partial charge in [-0.05, 0) is 41.5 Å². The maximum atomic E-state index is 12.7. The number of hydrogen-bond donors (Lipinski definition) is 1. The standard InChI is InChI=1S/C21H19ClN2O6/c1-28-18-10-14(5-8-17(18)30-12-19(25)29-2)9-16-20(26)24(21(27)23-16)11-13-3-6-15(22)7-4-13/h3-10H,11-12H2,1-2H3,(H,23,27). The van der Waals surface area contributed by atoms with Crippen LogP contribution in [0.3, 0.4) is 0 Å². The van der Waals surface area contributed by atoms with E-state index < -0.39 is 17.9 Å².